The van der Waals surface area contributed by atoms with E-state index >= 15 is 0 Å². The van der Waals surface area contributed by atoms with Gasteiger partial charge in [0.1, 0.15) is 0 Å². The van der Waals surface area contributed by atoms with E-state index in [4.69, 9.17) is 23.2 Å². The zero-order chi connectivity index (χ0) is 19.4. The summed E-state index contributed by atoms with van der Waals surface area (Å²) in [7, 11) is 0. The lowest BCUT2D eigenvalue weighted by atomic mass is 9.87. The van der Waals surface area contributed by atoms with Crippen LogP contribution in [-0.4, -0.2) is 9.55 Å². The lowest BCUT2D eigenvalue weighted by Gasteiger charge is -2.21. The number of benzene rings is 2. The Balaban J connectivity index is 1.82. The third-order valence-corrected chi connectivity index (χ3v) is 6.40. The number of imidazole rings is 1. The van der Waals surface area contributed by atoms with Crippen LogP contribution in [0.5, 0.6) is 0 Å². The quantitative estimate of drug-likeness (QED) is 0.387. The Morgan fingerprint density at radius 3 is 2.41 bits per heavy atom. The molecule has 0 fully saturated rings. The third kappa shape index (κ3) is 5.54. The van der Waals surface area contributed by atoms with Crippen molar-refractivity contribution in [1.82, 2.24) is 9.55 Å². The monoisotopic (exact) mass is 418 g/mol. The molecule has 0 amide bonds. The number of thioether (sulfide) groups is 1. The van der Waals surface area contributed by atoms with Gasteiger partial charge in [-0.1, -0.05) is 62.2 Å². The largest absolute Gasteiger partial charge is 0.337 e. The molecule has 0 saturated carbocycles. The highest BCUT2D eigenvalue weighted by Gasteiger charge is 2.18. The van der Waals surface area contributed by atoms with Gasteiger partial charge in [0.05, 0.1) is 6.33 Å². The highest BCUT2D eigenvalue weighted by atomic mass is 35.5. The smallest absolute Gasteiger partial charge is 0.0945 e. The Morgan fingerprint density at radius 1 is 1.07 bits per heavy atom. The molecule has 0 bridgehead atoms. The van der Waals surface area contributed by atoms with E-state index in [1.54, 1.807) is 0 Å². The SMILES string of the molecule is CC(C)(C)c1ccc(SC(CCn2ccnc2)c2ccc(Cl)cc2Cl)cc1. The minimum atomic E-state index is 0.156. The van der Waals surface area contributed by atoms with E-state index in [-0.39, 0.29) is 10.7 Å². The standard InChI is InChI=1S/C22H24Cl2N2S/c1-22(2,3)16-4-7-18(8-5-16)27-21(10-12-26-13-11-25-15-26)19-9-6-17(23)14-20(19)24/h4-9,11,13-15,21H,10,12H2,1-3H3. The molecular formula is C22H24Cl2N2S. The molecule has 5 heteroatoms. The van der Waals surface area contributed by atoms with Crippen molar-refractivity contribution >= 4 is 35.0 Å². The normalized spacial score (nSPS) is 12.9. The molecule has 0 radical (unpaired) electrons. The molecule has 0 aliphatic heterocycles. The van der Waals surface area contributed by atoms with Crippen LogP contribution < -0.4 is 0 Å². The van der Waals surface area contributed by atoms with E-state index in [1.165, 1.54) is 10.5 Å². The lowest BCUT2D eigenvalue weighted by Crippen LogP contribution is -2.10. The van der Waals surface area contributed by atoms with E-state index in [0.29, 0.717) is 5.02 Å². The van der Waals surface area contributed by atoms with Crippen LogP contribution in [0.15, 0.2) is 66.1 Å². The maximum atomic E-state index is 6.52. The van der Waals surface area contributed by atoms with E-state index in [9.17, 15) is 0 Å². The first-order valence-electron chi connectivity index (χ1n) is 9.01. The van der Waals surface area contributed by atoms with E-state index in [2.05, 4.69) is 54.6 Å². The molecule has 1 aromatic heterocycles. The van der Waals surface area contributed by atoms with Gasteiger partial charge in [0.2, 0.25) is 0 Å². The first-order chi connectivity index (χ1) is 12.8. The molecule has 0 N–H and O–H groups in total. The molecule has 0 aliphatic carbocycles. The van der Waals surface area contributed by atoms with Crippen LogP contribution in [0.2, 0.25) is 10.0 Å². The summed E-state index contributed by atoms with van der Waals surface area (Å²) in [4.78, 5) is 5.37. The van der Waals surface area contributed by atoms with Crippen molar-refractivity contribution in [3.8, 4) is 0 Å². The number of aromatic nitrogens is 2. The van der Waals surface area contributed by atoms with Gasteiger partial charge in [-0.3, -0.25) is 0 Å². The molecular weight excluding hydrogens is 395 g/mol. The van der Waals surface area contributed by atoms with E-state index < -0.39 is 0 Å². The van der Waals surface area contributed by atoms with Crippen molar-refractivity contribution in [3.63, 3.8) is 0 Å². The molecule has 0 spiro atoms. The van der Waals surface area contributed by atoms with Gasteiger partial charge in [-0.25, -0.2) is 4.98 Å². The number of rotatable bonds is 6. The Kier molecular flexibility index (Phi) is 6.56. The summed E-state index contributed by atoms with van der Waals surface area (Å²) in [6.07, 6.45) is 6.60. The molecule has 0 aliphatic rings. The molecule has 27 heavy (non-hydrogen) atoms. The molecule has 2 nitrogen and oxygen atoms in total. The first-order valence-corrected chi connectivity index (χ1v) is 10.6. The fourth-order valence-corrected chi connectivity index (χ4v) is 4.71. The molecule has 142 valence electrons. The molecule has 1 atom stereocenters. The summed E-state index contributed by atoms with van der Waals surface area (Å²) in [6.45, 7) is 7.58. The Morgan fingerprint density at radius 2 is 1.81 bits per heavy atom. The second-order valence-corrected chi connectivity index (χ2v) is 9.76. The average molecular weight is 419 g/mol. The second kappa shape index (κ2) is 8.72. The Bertz CT molecular complexity index is 868. The maximum absolute atomic E-state index is 6.52. The van der Waals surface area contributed by atoms with Gasteiger partial charge < -0.3 is 4.57 Å². The highest BCUT2D eigenvalue weighted by Crippen LogP contribution is 2.42. The predicted octanol–water partition coefficient (Wildman–Crippen LogP) is 7.41. The van der Waals surface area contributed by atoms with Gasteiger partial charge in [0.15, 0.2) is 0 Å². The maximum Gasteiger partial charge on any atom is 0.0945 e. The third-order valence-electron chi connectivity index (χ3n) is 4.52. The van der Waals surface area contributed by atoms with Crippen LogP contribution in [0.3, 0.4) is 0 Å². The summed E-state index contributed by atoms with van der Waals surface area (Å²) in [5.74, 6) is 0. The molecule has 2 aromatic carbocycles. The fraction of sp³-hybridized carbons (Fsp3) is 0.318. The van der Waals surface area contributed by atoms with Gasteiger partial charge >= 0.3 is 0 Å². The minimum Gasteiger partial charge on any atom is -0.337 e. The number of nitrogens with zero attached hydrogens (tertiary/aromatic N) is 2. The van der Waals surface area contributed by atoms with Crippen LogP contribution in [0, 0.1) is 0 Å². The van der Waals surface area contributed by atoms with Crippen LogP contribution in [0.1, 0.15) is 43.6 Å². The summed E-state index contributed by atoms with van der Waals surface area (Å²) in [6, 6.07) is 14.6. The zero-order valence-corrected chi connectivity index (χ0v) is 18.2. The van der Waals surface area contributed by atoms with Crippen molar-refractivity contribution in [2.75, 3.05) is 0 Å². The van der Waals surface area contributed by atoms with Crippen molar-refractivity contribution in [2.45, 2.75) is 49.3 Å². The van der Waals surface area contributed by atoms with Crippen LogP contribution in [-0.2, 0) is 12.0 Å². The summed E-state index contributed by atoms with van der Waals surface area (Å²) >= 11 is 14.5. The highest BCUT2D eigenvalue weighted by molar-refractivity contribution is 7.99. The van der Waals surface area contributed by atoms with Crippen molar-refractivity contribution in [1.29, 1.82) is 0 Å². The van der Waals surface area contributed by atoms with Gasteiger partial charge in [-0.2, -0.15) is 0 Å². The average Bonchev–Trinajstić information content (AvgIpc) is 3.12. The number of halogens is 2. The zero-order valence-electron chi connectivity index (χ0n) is 15.8. The molecule has 3 rings (SSSR count). The topological polar surface area (TPSA) is 17.8 Å². The van der Waals surface area contributed by atoms with Crippen LogP contribution in [0.25, 0.3) is 0 Å². The van der Waals surface area contributed by atoms with Crippen molar-refractivity contribution in [3.05, 3.63) is 82.4 Å². The molecule has 1 heterocycles. The summed E-state index contributed by atoms with van der Waals surface area (Å²) in [5, 5.41) is 1.62. The van der Waals surface area contributed by atoms with Gasteiger partial charge in [0.25, 0.3) is 0 Å². The van der Waals surface area contributed by atoms with Gasteiger partial charge in [0, 0.05) is 39.1 Å². The first kappa shape index (κ1) is 20.3. The number of hydrogen-bond donors (Lipinski definition) is 0. The lowest BCUT2D eigenvalue weighted by molar-refractivity contribution is 0.589. The molecule has 3 aromatic rings. The Hall–Kier alpha value is -1.42. The van der Waals surface area contributed by atoms with Crippen molar-refractivity contribution in [2.24, 2.45) is 0 Å². The van der Waals surface area contributed by atoms with E-state index in [1.807, 2.05) is 48.7 Å². The second-order valence-electron chi connectivity index (χ2n) is 7.64. The molecule has 0 saturated heterocycles. The Labute approximate surface area is 175 Å². The van der Waals surface area contributed by atoms with Crippen molar-refractivity contribution < 1.29 is 0 Å². The number of hydrogen-bond acceptors (Lipinski definition) is 2. The van der Waals surface area contributed by atoms with Gasteiger partial charge in [-0.15, -0.1) is 11.8 Å². The van der Waals surface area contributed by atoms with Gasteiger partial charge in [-0.05, 0) is 47.2 Å². The van der Waals surface area contributed by atoms with Crippen LogP contribution >= 0.6 is 35.0 Å². The predicted molar refractivity (Wildman–Crippen MR) is 117 cm³/mol. The summed E-state index contributed by atoms with van der Waals surface area (Å²) in [5.41, 5.74) is 2.61. The van der Waals surface area contributed by atoms with Crippen LogP contribution in [0.4, 0.5) is 0 Å². The fourth-order valence-electron chi connectivity index (χ4n) is 2.92. The summed E-state index contributed by atoms with van der Waals surface area (Å²) < 4.78 is 2.10. The van der Waals surface area contributed by atoms with E-state index in [0.717, 1.165) is 23.6 Å². The molecule has 1 unspecified atom stereocenters. The number of aryl methyl sites for hydroxylation is 1. The minimum absolute atomic E-state index is 0.156.